The van der Waals surface area contributed by atoms with E-state index in [0.29, 0.717) is 25.7 Å². The minimum Gasteiger partial charge on any atom is -0.299 e. The molecule has 0 aliphatic heterocycles. The number of allylic oxidation sites excluding steroid dienone is 1. The molecule has 2 nitrogen and oxygen atoms in total. The maximum absolute atomic E-state index is 10.9. The first-order valence-corrected chi connectivity index (χ1v) is 4.30. The SMILES string of the molecule is C=C(CC(=O)CC)CC(=O)CC. The summed E-state index contributed by atoms with van der Waals surface area (Å²) in [5.41, 5.74) is 0.744. The van der Waals surface area contributed by atoms with Crippen molar-refractivity contribution in [2.45, 2.75) is 39.5 Å². The van der Waals surface area contributed by atoms with Crippen LogP contribution in [-0.4, -0.2) is 11.6 Å². The molecule has 12 heavy (non-hydrogen) atoms. The maximum Gasteiger partial charge on any atom is 0.136 e. The van der Waals surface area contributed by atoms with Gasteiger partial charge in [0.2, 0.25) is 0 Å². The average molecular weight is 168 g/mol. The third kappa shape index (κ3) is 4.83. The van der Waals surface area contributed by atoms with Crippen LogP contribution in [0, 0.1) is 0 Å². The van der Waals surface area contributed by atoms with Crippen molar-refractivity contribution in [1.29, 1.82) is 0 Å². The smallest absolute Gasteiger partial charge is 0.136 e. The van der Waals surface area contributed by atoms with Gasteiger partial charge in [0.1, 0.15) is 11.6 Å². The molecule has 0 spiro atoms. The fourth-order valence-electron chi connectivity index (χ4n) is 0.870. The van der Waals surface area contributed by atoms with Crippen LogP contribution in [0.4, 0.5) is 0 Å². The highest BCUT2D eigenvalue weighted by atomic mass is 16.1. The molecule has 0 unspecified atom stereocenters. The molecule has 68 valence electrons. The van der Waals surface area contributed by atoms with E-state index in [1.807, 2.05) is 13.8 Å². The fraction of sp³-hybridized carbons (Fsp3) is 0.600. The summed E-state index contributed by atoms with van der Waals surface area (Å²) >= 11 is 0. The highest BCUT2D eigenvalue weighted by Gasteiger charge is 2.05. The van der Waals surface area contributed by atoms with E-state index in [0.717, 1.165) is 5.57 Å². The van der Waals surface area contributed by atoms with E-state index in [9.17, 15) is 9.59 Å². The molecule has 0 aliphatic rings. The number of hydrogen-bond donors (Lipinski definition) is 0. The molecule has 0 amide bonds. The Balaban J connectivity index is 3.74. The van der Waals surface area contributed by atoms with Gasteiger partial charge in [-0.05, 0) is 0 Å². The zero-order chi connectivity index (χ0) is 9.56. The van der Waals surface area contributed by atoms with Crippen molar-refractivity contribution in [3.05, 3.63) is 12.2 Å². The number of carbonyl (C=O) groups excluding carboxylic acids is 2. The molecule has 0 saturated carbocycles. The lowest BCUT2D eigenvalue weighted by Gasteiger charge is -2.01. The van der Waals surface area contributed by atoms with Crippen LogP contribution in [0.2, 0.25) is 0 Å². The Labute approximate surface area is 73.7 Å². The molecule has 0 radical (unpaired) electrons. The maximum atomic E-state index is 10.9. The van der Waals surface area contributed by atoms with Gasteiger partial charge in [-0.3, -0.25) is 9.59 Å². The lowest BCUT2D eigenvalue weighted by atomic mass is 10.0. The van der Waals surface area contributed by atoms with Gasteiger partial charge in [0.15, 0.2) is 0 Å². The highest BCUT2D eigenvalue weighted by Crippen LogP contribution is 2.07. The van der Waals surface area contributed by atoms with Crippen LogP contribution in [-0.2, 0) is 9.59 Å². The van der Waals surface area contributed by atoms with Gasteiger partial charge in [-0.15, -0.1) is 0 Å². The van der Waals surface area contributed by atoms with Crippen LogP contribution < -0.4 is 0 Å². The molecule has 0 aromatic rings. The van der Waals surface area contributed by atoms with E-state index in [1.54, 1.807) is 0 Å². The van der Waals surface area contributed by atoms with Crippen LogP contribution in [0.1, 0.15) is 39.5 Å². The molecule has 0 rings (SSSR count). The van der Waals surface area contributed by atoms with Crippen LogP contribution in [0.15, 0.2) is 12.2 Å². The monoisotopic (exact) mass is 168 g/mol. The molecule has 0 heterocycles. The largest absolute Gasteiger partial charge is 0.299 e. The molecular formula is C10H16O2. The molecule has 0 atom stereocenters. The van der Waals surface area contributed by atoms with Crippen LogP contribution in [0.25, 0.3) is 0 Å². The standard InChI is InChI=1S/C10H16O2/c1-4-9(11)6-8(3)7-10(12)5-2/h3-7H2,1-2H3. The molecule has 0 bridgehead atoms. The van der Waals surface area contributed by atoms with Gasteiger partial charge in [0, 0.05) is 25.7 Å². The van der Waals surface area contributed by atoms with Crippen molar-refractivity contribution in [3.8, 4) is 0 Å². The van der Waals surface area contributed by atoms with Crippen LogP contribution >= 0.6 is 0 Å². The Morgan fingerprint density at radius 3 is 1.58 bits per heavy atom. The van der Waals surface area contributed by atoms with E-state index < -0.39 is 0 Å². The molecule has 0 saturated heterocycles. The van der Waals surface area contributed by atoms with E-state index in [4.69, 9.17) is 0 Å². The van der Waals surface area contributed by atoms with Crippen molar-refractivity contribution in [2.24, 2.45) is 0 Å². The zero-order valence-electron chi connectivity index (χ0n) is 7.85. The number of ketones is 2. The van der Waals surface area contributed by atoms with Crippen molar-refractivity contribution < 1.29 is 9.59 Å². The molecular weight excluding hydrogens is 152 g/mol. The molecule has 0 fully saturated rings. The summed E-state index contributed by atoms with van der Waals surface area (Å²) in [5.74, 6) is 0.313. The number of rotatable bonds is 6. The first-order chi connectivity index (χ1) is 5.60. The molecule has 0 aromatic heterocycles. The van der Waals surface area contributed by atoms with Gasteiger partial charge in [0.05, 0.1) is 0 Å². The summed E-state index contributed by atoms with van der Waals surface area (Å²) in [6, 6.07) is 0. The number of carbonyl (C=O) groups is 2. The molecule has 0 N–H and O–H groups in total. The second kappa shape index (κ2) is 5.70. The summed E-state index contributed by atoms with van der Waals surface area (Å²) in [7, 11) is 0. The van der Waals surface area contributed by atoms with Gasteiger partial charge in [-0.25, -0.2) is 0 Å². The predicted octanol–water partition coefficient (Wildman–Crippen LogP) is 2.28. The first-order valence-electron chi connectivity index (χ1n) is 4.30. The van der Waals surface area contributed by atoms with Gasteiger partial charge < -0.3 is 0 Å². The summed E-state index contributed by atoms with van der Waals surface area (Å²) in [5, 5.41) is 0. The summed E-state index contributed by atoms with van der Waals surface area (Å²) in [6.45, 7) is 7.32. The normalized spacial score (nSPS) is 9.50. The minimum atomic E-state index is 0.156. The van der Waals surface area contributed by atoms with Crippen molar-refractivity contribution in [2.75, 3.05) is 0 Å². The van der Waals surface area contributed by atoms with E-state index in [1.165, 1.54) is 0 Å². The van der Waals surface area contributed by atoms with Gasteiger partial charge in [0.25, 0.3) is 0 Å². The van der Waals surface area contributed by atoms with E-state index >= 15 is 0 Å². The van der Waals surface area contributed by atoms with Crippen molar-refractivity contribution >= 4 is 11.6 Å². The van der Waals surface area contributed by atoms with Crippen molar-refractivity contribution in [1.82, 2.24) is 0 Å². The van der Waals surface area contributed by atoms with Crippen LogP contribution in [0.5, 0.6) is 0 Å². The fourth-order valence-corrected chi connectivity index (χ4v) is 0.870. The number of hydrogen-bond acceptors (Lipinski definition) is 2. The average Bonchev–Trinajstić information content (AvgIpc) is 2.03. The third-order valence-electron chi connectivity index (χ3n) is 1.68. The molecule has 0 aromatic carbocycles. The molecule has 0 aliphatic carbocycles. The molecule has 2 heteroatoms. The summed E-state index contributed by atoms with van der Waals surface area (Å²) in [6.07, 6.45) is 1.78. The number of Topliss-reactive ketones (excluding diaryl/α,β-unsaturated/α-hetero) is 2. The second-order valence-corrected chi connectivity index (χ2v) is 2.89. The Morgan fingerprint density at radius 1 is 1.00 bits per heavy atom. The first kappa shape index (κ1) is 11.1. The van der Waals surface area contributed by atoms with E-state index in [-0.39, 0.29) is 11.6 Å². The summed E-state index contributed by atoms with van der Waals surface area (Å²) < 4.78 is 0. The van der Waals surface area contributed by atoms with Gasteiger partial charge in [-0.1, -0.05) is 26.0 Å². The topological polar surface area (TPSA) is 34.1 Å². The summed E-state index contributed by atoms with van der Waals surface area (Å²) in [4.78, 5) is 21.8. The predicted molar refractivity (Wildman–Crippen MR) is 49.0 cm³/mol. The second-order valence-electron chi connectivity index (χ2n) is 2.89. The highest BCUT2D eigenvalue weighted by molar-refractivity contribution is 5.84. The minimum absolute atomic E-state index is 0.156. The lowest BCUT2D eigenvalue weighted by Crippen LogP contribution is -2.02. The van der Waals surface area contributed by atoms with Gasteiger partial charge in [-0.2, -0.15) is 0 Å². The zero-order valence-corrected chi connectivity index (χ0v) is 7.85. The Morgan fingerprint density at radius 2 is 1.33 bits per heavy atom. The van der Waals surface area contributed by atoms with Crippen molar-refractivity contribution in [3.63, 3.8) is 0 Å². The Hall–Kier alpha value is -0.920. The lowest BCUT2D eigenvalue weighted by molar-refractivity contribution is -0.118. The Kier molecular flexibility index (Phi) is 5.26. The van der Waals surface area contributed by atoms with Crippen LogP contribution in [0.3, 0.4) is 0 Å². The van der Waals surface area contributed by atoms with E-state index in [2.05, 4.69) is 6.58 Å². The quantitative estimate of drug-likeness (QED) is 0.570. The third-order valence-corrected chi connectivity index (χ3v) is 1.68. The Bertz CT molecular complexity index is 172. The van der Waals surface area contributed by atoms with Gasteiger partial charge >= 0.3 is 0 Å².